The lowest BCUT2D eigenvalue weighted by Crippen LogP contribution is -2.60. The maximum Gasteiger partial charge on any atom is 0.261 e. The molecule has 0 bridgehead atoms. The van der Waals surface area contributed by atoms with Gasteiger partial charge < -0.3 is 29.9 Å². The number of aliphatic hydroxyl groups is 4. The fraction of sp³-hybridized carbons (Fsp3) is 0.429. The standard InChI is InChI=1S/C21H23NO8/c1-2-8-22-19(27)11-5-3-4-10-13(7-6-12(15(10)11)20(22)28)29-21-18(26)17(25)16(24)14(9-23)30-21/h3-7,14,16-18,21,23-26H,2,8-9H2,1H3/t14-,16+,17+,18-,21-/m1/s1. The van der Waals surface area contributed by atoms with E-state index >= 15 is 0 Å². The van der Waals surface area contributed by atoms with E-state index in [0.29, 0.717) is 34.9 Å². The molecule has 2 aromatic rings. The number of ether oxygens (including phenoxy) is 2. The van der Waals surface area contributed by atoms with Crippen molar-refractivity contribution in [2.45, 2.75) is 44.1 Å². The van der Waals surface area contributed by atoms with E-state index in [1.54, 1.807) is 24.3 Å². The van der Waals surface area contributed by atoms with Crippen LogP contribution in [0.2, 0.25) is 0 Å². The Kier molecular flexibility index (Phi) is 5.48. The second kappa shape index (κ2) is 7.93. The van der Waals surface area contributed by atoms with Crippen LogP contribution in [0, 0.1) is 0 Å². The van der Waals surface area contributed by atoms with Crippen molar-refractivity contribution in [3.63, 3.8) is 0 Å². The molecule has 0 radical (unpaired) electrons. The first-order valence-corrected chi connectivity index (χ1v) is 9.78. The van der Waals surface area contributed by atoms with Gasteiger partial charge in [0.05, 0.1) is 6.61 Å². The fourth-order valence-corrected chi connectivity index (χ4v) is 3.94. The quantitative estimate of drug-likeness (QED) is 0.500. The Hall–Kier alpha value is -2.56. The van der Waals surface area contributed by atoms with Gasteiger partial charge in [0.25, 0.3) is 11.8 Å². The van der Waals surface area contributed by atoms with Gasteiger partial charge in [-0.2, -0.15) is 0 Å². The molecule has 4 N–H and O–H groups in total. The Labute approximate surface area is 172 Å². The highest BCUT2D eigenvalue weighted by Gasteiger charge is 2.45. The number of hydrogen-bond acceptors (Lipinski definition) is 8. The molecule has 2 aromatic carbocycles. The average Bonchev–Trinajstić information content (AvgIpc) is 2.75. The lowest BCUT2D eigenvalue weighted by atomic mass is 9.93. The average molecular weight is 417 g/mol. The van der Waals surface area contributed by atoms with Crippen molar-refractivity contribution in [3.8, 4) is 5.75 Å². The summed E-state index contributed by atoms with van der Waals surface area (Å²) in [6.45, 7) is 1.62. The molecule has 5 atom stereocenters. The van der Waals surface area contributed by atoms with Gasteiger partial charge in [0, 0.05) is 28.4 Å². The third kappa shape index (κ3) is 3.15. The topological polar surface area (TPSA) is 137 Å². The molecule has 160 valence electrons. The van der Waals surface area contributed by atoms with E-state index < -0.39 is 37.3 Å². The number of amides is 2. The predicted octanol–water partition coefficient (Wildman–Crippen LogP) is 0.0245. The van der Waals surface area contributed by atoms with Gasteiger partial charge in [0.2, 0.25) is 6.29 Å². The molecule has 0 aromatic heterocycles. The van der Waals surface area contributed by atoms with Gasteiger partial charge >= 0.3 is 0 Å². The predicted molar refractivity (Wildman–Crippen MR) is 104 cm³/mol. The first-order chi connectivity index (χ1) is 14.4. The Morgan fingerprint density at radius 3 is 2.37 bits per heavy atom. The molecule has 0 saturated carbocycles. The van der Waals surface area contributed by atoms with E-state index in [1.807, 2.05) is 6.92 Å². The number of imide groups is 1. The summed E-state index contributed by atoms with van der Waals surface area (Å²) >= 11 is 0. The molecule has 9 heteroatoms. The van der Waals surface area contributed by atoms with Crippen LogP contribution in [0.1, 0.15) is 34.1 Å². The Morgan fingerprint density at radius 2 is 1.70 bits per heavy atom. The van der Waals surface area contributed by atoms with Gasteiger partial charge in [0.1, 0.15) is 30.2 Å². The van der Waals surface area contributed by atoms with Crippen molar-refractivity contribution in [2.24, 2.45) is 0 Å². The minimum absolute atomic E-state index is 0.226. The highest BCUT2D eigenvalue weighted by Crippen LogP contribution is 2.37. The molecule has 2 aliphatic rings. The van der Waals surface area contributed by atoms with Crippen molar-refractivity contribution in [1.29, 1.82) is 0 Å². The summed E-state index contributed by atoms with van der Waals surface area (Å²) in [6.07, 6.45) is -6.49. The van der Waals surface area contributed by atoms with Gasteiger partial charge in [0.15, 0.2) is 0 Å². The summed E-state index contributed by atoms with van der Waals surface area (Å²) in [6, 6.07) is 8.06. The van der Waals surface area contributed by atoms with E-state index in [-0.39, 0.29) is 17.6 Å². The number of benzene rings is 2. The van der Waals surface area contributed by atoms with Crippen LogP contribution in [-0.2, 0) is 4.74 Å². The minimum Gasteiger partial charge on any atom is -0.461 e. The molecule has 1 saturated heterocycles. The zero-order valence-electron chi connectivity index (χ0n) is 16.3. The van der Waals surface area contributed by atoms with Gasteiger partial charge in [-0.15, -0.1) is 0 Å². The Balaban J connectivity index is 1.74. The third-order valence-corrected chi connectivity index (χ3v) is 5.49. The van der Waals surface area contributed by atoms with Crippen LogP contribution in [0.3, 0.4) is 0 Å². The summed E-state index contributed by atoms with van der Waals surface area (Å²) in [7, 11) is 0. The van der Waals surface area contributed by atoms with Crippen molar-refractivity contribution in [3.05, 3.63) is 41.5 Å². The van der Waals surface area contributed by atoms with Crippen LogP contribution in [0.5, 0.6) is 5.75 Å². The molecule has 0 aliphatic carbocycles. The molecule has 0 unspecified atom stereocenters. The SMILES string of the molecule is CCCN1C(=O)c2cccc3c(O[C@@H]4O[C@H](CO)[C@H](O)[C@H](O)[C@H]4O)ccc(c23)C1=O. The van der Waals surface area contributed by atoms with E-state index in [1.165, 1.54) is 11.0 Å². The Morgan fingerprint density at radius 1 is 1.00 bits per heavy atom. The van der Waals surface area contributed by atoms with Crippen LogP contribution in [-0.4, -0.2) is 81.0 Å². The second-order valence-corrected chi connectivity index (χ2v) is 7.42. The van der Waals surface area contributed by atoms with Gasteiger partial charge in [-0.25, -0.2) is 0 Å². The summed E-state index contributed by atoms with van der Waals surface area (Å²) in [5.74, 6) is -0.542. The molecule has 30 heavy (non-hydrogen) atoms. The normalized spacial score (nSPS) is 28.8. The molecular formula is C21H23NO8. The molecule has 4 rings (SSSR count). The van der Waals surface area contributed by atoms with Crippen LogP contribution >= 0.6 is 0 Å². The fourth-order valence-electron chi connectivity index (χ4n) is 3.94. The van der Waals surface area contributed by atoms with Crippen LogP contribution in [0.25, 0.3) is 10.8 Å². The lowest BCUT2D eigenvalue weighted by molar-refractivity contribution is -0.277. The number of nitrogens with zero attached hydrogens (tertiary/aromatic N) is 1. The first-order valence-electron chi connectivity index (χ1n) is 9.78. The summed E-state index contributed by atoms with van der Waals surface area (Å²) in [5, 5.41) is 40.4. The highest BCUT2D eigenvalue weighted by atomic mass is 16.7. The van der Waals surface area contributed by atoms with Crippen molar-refractivity contribution in [1.82, 2.24) is 4.90 Å². The molecular weight excluding hydrogens is 394 g/mol. The van der Waals surface area contributed by atoms with E-state index in [0.717, 1.165) is 0 Å². The summed E-state index contributed by atoms with van der Waals surface area (Å²) < 4.78 is 11.2. The van der Waals surface area contributed by atoms with E-state index in [4.69, 9.17) is 9.47 Å². The third-order valence-electron chi connectivity index (χ3n) is 5.49. The van der Waals surface area contributed by atoms with Gasteiger partial charge in [-0.3, -0.25) is 14.5 Å². The number of hydrogen-bond donors (Lipinski definition) is 4. The second-order valence-electron chi connectivity index (χ2n) is 7.42. The Bertz CT molecular complexity index is 968. The van der Waals surface area contributed by atoms with Crippen molar-refractivity contribution in [2.75, 3.05) is 13.2 Å². The molecule has 2 amide bonds. The largest absolute Gasteiger partial charge is 0.461 e. The number of aliphatic hydroxyl groups excluding tert-OH is 4. The minimum atomic E-state index is -1.58. The van der Waals surface area contributed by atoms with Gasteiger partial charge in [-0.1, -0.05) is 19.1 Å². The maximum absolute atomic E-state index is 12.8. The monoisotopic (exact) mass is 417 g/mol. The maximum atomic E-state index is 12.8. The van der Waals surface area contributed by atoms with Crippen molar-refractivity contribution >= 4 is 22.6 Å². The van der Waals surface area contributed by atoms with Crippen LogP contribution in [0.4, 0.5) is 0 Å². The van der Waals surface area contributed by atoms with E-state index in [2.05, 4.69) is 0 Å². The van der Waals surface area contributed by atoms with Crippen molar-refractivity contribution < 1.29 is 39.5 Å². The van der Waals surface area contributed by atoms with E-state index in [9.17, 15) is 30.0 Å². The number of carbonyl (C=O) groups excluding carboxylic acids is 2. The molecule has 2 heterocycles. The smallest absolute Gasteiger partial charge is 0.261 e. The molecule has 2 aliphatic heterocycles. The number of rotatable bonds is 5. The summed E-state index contributed by atoms with van der Waals surface area (Å²) in [4.78, 5) is 26.9. The molecule has 1 fully saturated rings. The zero-order chi connectivity index (χ0) is 21.6. The van der Waals surface area contributed by atoms with Crippen LogP contribution < -0.4 is 4.74 Å². The van der Waals surface area contributed by atoms with Crippen LogP contribution in [0.15, 0.2) is 30.3 Å². The molecule has 9 nitrogen and oxygen atoms in total. The summed E-state index contributed by atoms with van der Waals surface area (Å²) in [5.41, 5.74) is 0.740. The zero-order valence-corrected chi connectivity index (χ0v) is 16.3. The first kappa shape index (κ1) is 20.7. The van der Waals surface area contributed by atoms with Gasteiger partial charge in [-0.05, 0) is 24.6 Å². The molecule has 0 spiro atoms. The highest BCUT2D eigenvalue weighted by molar-refractivity contribution is 6.26. The number of carbonyl (C=O) groups is 2. The lowest BCUT2D eigenvalue weighted by Gasteiger charge is -2.39.